The molecule has 0 bridgehead atoms. The summed E-state index contributed by atoms with van der Waals surface area (Å²) in [6, 6.07) is 11.7. The van der Waals surface area contributed by atoms with E-state index in [0.29, 0.717) is 33.4 Å². The number of benzene rings is 3. The van der Waals surface area contributed by atoms with E-state index in [1.165, 1.54) is 18.2 Å². The first kappa shape index (κ1) is 29.3. The van der Waals surface area contributed by atoms with Crippen molar-refractivity contribution in [2.45, 2.75) is 38.8 Å². The first-order valence-electron chi connectivity index (χ1n) is 14.3. The van der Waals surface area contributed by atoms with Crippen LogP contribution < -0.4 is 24.8 Å². The smallest absolute Gasteiger partial charge is 0.336 e. The summed E-state index contributed by atoms with van der Waals surface area (Å²) in [5.41, 5.74) is 4.29. The second-order valence-electron chi connectivity index (χ2n) is 12.7. The Morgan fingerprint density at radius 1 is 0.818 bits per heavy atom. The maximum atomic E-state index is 12.6. The molecule has 44 heavy (non-hydrogen) atoms. The van der Waals surface area contributed by atoms with Crippen LogP contribution in [0, 0.1) is 0 Å². The van der Waals surface area contributed by atoms with Crippen molar-refractivity contribution in [3.63, 3.8) is 0 Å². The van der Waals surface area contributed by atoms with Gasteiger partial charge in [-0.1, -0.05) is 12.1 Å². The van der Waals surface area contributed by atoms with Gasteiger partial charge in [0.25, 0.3) is 0 Å². The summed E-state index contributed by atoms with van der Waals surface area (Å²) in [5.74, 6) is -1.49. The molecule has 0 spiro atoms. The van der Waals surface area contributed by atoms with Crippen molar-refractivity contribution in [3.05, 3.63) is 98.6 Å². The predicted molar refractivity (Wildman–Crippen MR) is 168 cm³/mol. The lowest BCUT2D eigenvalue weighted by Crippen LogP contribution is -2.47. The summed E-state index contributed by atoms with van der Waals surface area (Å²) in [7, 11) is 3.95. The fraction of sp³-hybridized carbons (Fsp3) is 0.286. The highest BCUT2D eigenvalue weighted by atomic mass is 16.5. The molecule has 4 N–H and O–H groups in total. The Kier molecular flexibility index (Phi) is 6.60. The van der Waals surface area contributed by atoms with Crippen LogP contribution >= 0.6 is 0 Å². The molecule has 0 aliphatic carbocycles. The number of rotatable bonds is 5. The maximum Gasteiger partial charge on any atom is 0.336 e. The molecule has 6 rings (SSSR count). The molecule has 0 saturated heterocycles. The summed E-state index contributed by atoms with van der Waals surface area (Å²) in [4.78, 5) is 26.5. The minimum atomic E-state index is -1.27. The lowest BCUT2D eigenvalue weighted by molar-refractivity contribution is 0.0695. The van der Waals surface area contributed by atoms with Crippen molar-refractivity contribution in [3.8, 4) is 11.5 Å². The number of fused-ring (bicyclic) bond motifs is 4. The third-order valence-electron chi connectivity index (χ3n) is 9.26. The third kappa shape index (κ3) is 4.34. The lowest BCUT2D eigenvalue weighted by atomic mass is 9.83. The molecule has 3 aliphatic heterocycles. The molecule has 0 fully saturated rings. The van der Waals surface area contributed by atoms with Crippen LogP contribution in [0.3, 0.4) is 0 Å². The summed E-state index contributed by atoms with van der Waals surface area (Å²) >= 11 is 0. The first-order valence-corrected chi connectivity index (χ1v) is 14.3. The average molecular weight is 596 g/mol. The van der Waals surface area contributed by atoms with E-state index in [-0.39, 0.29) is 35.4 Å². The minimum Gasteiger partial charge on any atom is -0.478 e. The fourth-order valence-electron chi connectivity index (χ4n) is 6.48. The van der Waals surface area contributed by atoms with Gasteiger partial charge in [0.05, 0.1) is 41.5 Å². The van der Waals surface area contributed by atoms with Crippen molar-refractivity contribution in [2.75, 3.05) is 32.2 Å². The van der Waals surface area contributed by atoms with Crippen LogP contribution in [0.5, 0.6) is 11.5 Å². The number of nitrogens with zero attached hydrogens (tertiary/aromatic N) is 2. The molecule has 0 unspecified atom stereocenters. The molecule has 0 saturated carbocycles. The highest BCUT2D eigenvalue weighted by Crippen LogP contribution is 2.46. The molecular formula is C35H35N2O7+. The molecule has 0 atom stereocenters. The van der Waals surface area contributed by atoms with Gasteiger partial charge in [0.15, 0.2) is 5.54 Å². The molecule has 9 nitrogen and oxygen atoms in total. The molecule has 9 heteroatoms. The normalized spacial score (nSPS) is 17.4. The number of carboxylic acids is 2. The van der Waals surface area contributed by atoms with Gasteiger partial charge in [-0.15, -0.1) is 0 Å². The molecule has 3 aliphatic rings. The topological polar surface area (TPSA) is 131 Å². The summed E-state index contributed by atoms with van der Waals surface area (Å²) in [5, 5.41) is 42.1. The number of carboxylic acid groups (broad SMARTS) is 2. The van der Waals surface area contributed by atoms with Crippen molar-refractivity contribution in [2.24, 2.45) is 0 Å². The fourth-order valence-corrected chi connectivity index (χ4v) is 6.48. The average Bonchev–Trinajstić information content (AvgIpc) is 2.98. The minimum absolute atomic E-state index is 0.140. The molecule has 3 aromatic rings. The number of likely N-dealkylation sites (N-methyl/N-ethyl adjacent to an activating group) is 2. The van der Waals surface area contributed by atoms with Gasteiger partial charge in [-0.3, -0.25) is 0 Å². The maximum absolute atomic E-state index is 12.6. The van der Waals surface area contributed by atoms with Gasteiger partial charge in [0, 0.05) is 54.6 Å². The van der Waals surface area contributed by atoms with Crippen LogP contribution in [0.1, 0.15) is 70.7 Å². The highest BCUT2D eigenvalue weighted by molar-refractivity contribution is 6.02. The Morgan fingerprint density at radius 3 is 2.14 bits per heavy atom. The number of aromatic carboxylic acids is 2. The van der Waals surface area contributed by atoms with E-state index in [0.717, 1.165) is 33.3 Å². The number of aliphatic hydroxyl groups is 2. The van der Waals surface area contributed by atoms with Crippen LogP contribution in [0.25, 0.3) is 16.7 Å². The summed E-state index contributed by atoms with van der Waals surface area (Å²) < 4.78 is 8.72. The number of aliphatic hydroxyl groups excluding tert-OH is 2. The highest BCUT2D eigenvalue weighted by Gasteiger charge is 2.36. The Hall–Kier alpha value is -4.73. The Labute approximate surface area is 254 Å². The number of ether oxygens (including phenoxy) is 1. The SMILES string of the molecule is CN1c2cc3c(cc2C(CO)=CC1(C)C)C(c1ccc(C(=O)O)cc1C(=O)O)=c1cc2c(cc1O3)=[N+](C)C(C)(C)C=C2CO. The van der Waals surface area contributed by atoms with Gasteiger partial charge in [-0.05, 0) is 60.9 Å². The first-order chi connectivity index (χ1) is 20.7. The van der Waals surface area contributed by atoms with Gasteiger partial charge >= 0.3 is 11.9 Å². The monoisotopic (exact) mass is 595 g/mol. The Bertz CT molecular complexity index is 2000. The molecule has 3 heterocycles. The largest absolute Gasteiger partial charge is 0.478 e. The lowest BCUT2D eigenvalue weighted by Gasteiger charge is -2.41. The third-order valence-corrected chi connectivity index (χ3v) is 9.26. The number of hydrogen-bond acceptors (Lipinski definition) is 6. The summed E-state index contributed by atoms with van der Waals surface area (Å²) in [6.45, 7) is 7.83. The molecule has 3 aromatic carbocycles. The van der Waals surface area contributed by atoms with Gasteiger partial charge in [-0.2, -0.15) is 0 Å². The van der Waals surface area contributed by atoms with Gasteiger partial charge in [0.1, 0.15) is 18.5 Å². The molecule has 0 amide bonds. The number of carbonyl (C=O) groups is 2. The van der Waals surface area contributed by atoms with E-state index in [1.54, 1.807) is 0 Å². The van der Waals surface area contributed by atoms with Crippen LogP contribution in [-0.2, 0) is 0 Å². The van der Waals surface area contributed by atoms with Crippen LogP contribution in [0.2, 0.25) is 0 Å². The quantitative estimate of drug-likeness (QED) is 0.259. The van der Waals surface area contributed by atoms with Crippen LogP contribution in [-0.4, -0.2) is 70.8 Å². The van der Waals surface area contributed by atoms with Crippen molar-refractivity contribution in [1.29, 1.82) is 0 Å². The van der Waals surface area contributed by atoms with E-state index in [9.17, 15) is 30.0 Å². The number of hydrogen-bond donors (Lipinski definition) is 4. The molecule has 0 aromatic heterocycles. The predicted octanol–water partition coefficient (Wildman–Crippen LogP) is 3.33. The van der Waals surface area contributed by atoms with Crippen molar-refractivity contribution < 1.29 is 34.8 Å². The van der Waals surface area contributed by atoms with E-state index >= 15 is 0 Å². The van der Waals surface area contributed by atoms with Crippen LogP contribution in [0.15, 0.2) is 54.6 Å². The van der Waals surface area contributed by atoms with E-state index in [4.69, 9.17) is 4.74 Å². The zero-order chi connectivity index (χ0) is 31.9. The number of anilines is 1. The molecule has 226 valence electrons. The van der Waals surface area contributed by atoms with Gasteiger partial charge < -0.3 is 30.1 Å². The van der Waals surface area contributed by atoms with Crippen molar-refractivity contribution in [1.82, 2.24) is 4.58 Å². The van der Waals surface area contributed by atoms with Crippen LogP contribution in [0.4, 0.5) is 5.69 Å². The van der Waals surface area contributed by atoms with E-state index in [2.05, 4.69) is 37.2 Å². The standard InChI is InChI=1S/C35H34N2O7/c1-34(2)14-19(16-38)22-10-25-29(12-27(22)36(34)5)44-30-13-28-23(20(17-39)15-35(3,4)37(28)6)11-26(30)31(25)21-8-7-18(32(40)41)9-24(21)33(42)43/h7-15,38-39H,16-17H2,1-6H3,(H-,40,41,42,43)/p+1. The Morgan fingerprint density at radius 2 is 1.50 bits per heavy atom. The second-order valence-corrected chi connectivity index (χ2v) is 12.7. The van der Waals surface area contributed by atoms with E-state index in [1.807, 2.05) is 50.5 Å². The van der Waals surface area contributed by atoms with Crippen molar-refractivity contribution >= 4 is 34.3 Å². The zero-order valence-electron chi connectivity index (χ0n) is 25.5. The van der Waals surface area contributed by atoms with Gasteiger partial charge in [-0.25, -0.2) is 14.2 Å². The van der Waals surface area contributed by atoms with E-state index < -0.39 is 11.9 Å². The molecular weight excluding hydrogens is 560 g/mol. The Balaban J connectivity index is 1.78. The van der Waals surface area contributed by atoms with Gasteiger partial charge in [0.2, 0.25) is 5.36 Å². The summed E-state index contributed by atoms with van der Waals surface area (Å²) in [6.07, 6.45) is 4.02. The molecule has 0 radical (unpaired) electrons. The zero-order valence-corrected chi connectivity index (χ0v) is 25.5. The second kappa shape index (κ2) is 9.90.